The van der Waals surface area contributed by atoms with Crippen molar-refractivity contribution in [3.8, 4) is 0 Å². The average Bonchev–Trinajstić information content (AvgIpc) is 2.66. The van der Waals surface area contributed by atoms with E-state index < -0.39 is 10.0 Å². The summed E-state index contributed by atoms with van der Waals surface area (Å²) >= 11 is 0. The van der Waals surface area contributed by atoms with Crippen LogP contribution in [0.1, 0.15) is 41.8 Å². The largest absolute Gasteiger partial charge is 0.334 e. The Morgan fingerprint density at radius 1 is 1.15 bits per heavy atom. The topological polar surface area (TPSA) is 66.5 Å². The van der Waals surface area contributed by atoms with E-state index in [1.807, 2.05) is 32.0 Å². The molecule has 0 saturated carbocycles. The van der Waals surface area contributed by atoms with E-state index in [4.69, 9.17) is 0 Å². The number of carbonyl (C=O) groups is 1. The van der Waals surface area contributed by atoms with Crippen molar-refractivity contribution >= 4 is 15.9 Å². The zero-order valence-corrected chi connectivity index (χ0v) is 15.9. The van der Waals surface area contributed by atoms with E-state index >= 15 is 0 Å². The lowest BCUT2D eigenvalue weighted by Crippen LogP contribution is -2.36. The maximum atomic E-state index is 12.9. The molecule has 1 aliphatic heterocycles. The predicted octanol–water partition coefficient (Wildman–Crippen LogP) is 2.96. The third kappa shape index (κ3) is 3.97. The summed E-state index contributed by atoms with van der Waals surface area (Å²) in [7, 11) is -3.63. The summed E-state index contributed by atoms with van der Waals surface area (Å²) in [5.74, 6) is -0.139. The summed E-state index contributed by atoms with van der Waals surface area (Å²) in [6.07, 6.45) is 1.51. The molecule has 1 heterocycles. The van der Waals surface area contributed by atoms with E-state index in [2.05, 4.69) is 10.8 Å². The predicted molar refractivity (Wildman–Crippen MR) is 101 cm³/mol. The minimum absolute atomic E-state index is 0.126. The van der Waals surface area contributed by atoms with Crippen LogP contribution >= 0.6 is 0 Å². The number of nitrogens with one attached hydrogen (secondary N) is 1. The van der Waals surface area contributed by atoms with Gasteiger partial charge >= 0.3 is 0 Å². The Kier molecular flexibility index (Phi) is 5.44. The third-order valence-corrected chi connectivity index (χ3v) is 6.37. The van der Waals surface area contributed by atoms with Crippen molar-refractivity contribution in [3.05, 3.63) is 65.2 Å². The SMILES string of the molecule is CCC(C)NS(=O)(=O)c1cccc(C(=O)N2CCc3ccccc3C2)c1. The van der Waals surface area contributed by atoms with Crippen molar-refractivity contribution in [2.24, 2.45) is 0 Å². The van der Waals surface area contributed by atoms with Gasteiger partial charge in [0.2, 0.25) is 10.0 Å². The van der Waals surface area contributed by atoms with E-state index in [0.29, 0.717) is 25.1 Å². The van der Waals surface area contributed by atoms with Gasteiger partial charge in [-0.1, -0.05) is 37.3 Å². The number of hydrogen-bond acceptors (Lipinski definition) is 3. The second-order valence-electron chi connectivity index (χ2n) is 6.70. The van der Waals surface area contributed by atoms with Gasteiger partial charge in [-0.25, -0.2) is 13.1 Å². The molecule has 0 spiro atoms. The molecular formula is C20H24N2O3S. The lowest BCUT2D eigenvalue weighted by molar-refractivity contribution is 0.0734. The molecule has 0 aromatic heterocycles. The van der Waals surface area contributed by atoms with Gasteiger partial charge in [0, 0.05) is 24.7 Å². The van der Waals surface area contributed by atoms with Crippen LogP contribution in [0.4, 0.5) is 0 Å². The number of amides is 1. The van der Waals surface area contributed by atoms with E-state index in [1.54, 1.807) is 17.0 Å². The molecule has 6 heteroatoms. The van der Waals surface area contributed by atoms with Crippen molar-refractivity contribution in [2.75, 3.05) is 6.54 Å². The number of benzene rings is 2. The number of fused-ring (bicyclic) bond motifs is 1. The van der Waals surface area contributed by atoms with Gasteiger partial charge in [0.25, 0.3) is 5.91 Å². The van der Waals surface area contributed by atoms with Gasteiger partial charge < -0.3 is 4.90 Å². The van der Waals surface area contributed by atoms with Gasteiger partial charge in [-0.05, 0) is 49.1 Å². The van der Waals surface area contributed by atoms with Crippen LogP contribution in [0.2, 0.25) is 0 Å². The first-order valence-corrected chi connectivity index (χ1v) is 10.4. The van der Waals surface area contributed by atoms with Crippen LogP contribution < -0.4 is 4.72 Å². The lowest BCUT2D eigenvalue weighted by atomic mass is 9.99. The van der Waals surface area contributed by atoms with Crippen LogP contribution in [-0.2, 0) is 23.0 Å². The maximum absolute atomic E-state index is 12.9. The van der Waals surface area contributed by atoms with Crippen molar-refractivity contribution in [3.63, 3.8) is 0 Å². The van der Waals surface area contributed by atoms with E-state index in [1.165, 1.54) is 17.7 Å². The van der Waals surface area contributed by atoms with Crippen molar-refractivity contribution < 1.29 is 13.2 Å². The molecule has 0 saturated heterocycles. The molecule has 0 radical (unpaired) electrons. The number of rotatable bonds is 5. The van der Waals surface area contributed by atoms with Crippen molar-refractivity contribution in [2.45, 2.75) is 44.2 Å². The van der Waals surface area contributed by atoms with Crippen molar-refractivity contribution in [1.29, 1.82) is 0 Å². The highest BCUT2D eigenvalue weighted by atomic mass is 32.2. The average molecular weight is 372 g/mol. The van der Waals surface area contributed by atoms with Crippen LogP contribution in [0.15, 0.2) is 53.4 Å². The summed E-state index contributed by atoms with van der Waals surface area (Å²) in [4.78, 5) is 14.8. The standard InChI is InChI=1S/C20H24N2O3S/c1-3-15(2)21-26(24,25)19-10-6-9-17(13-19)20(23)22-12-11-16-7-4-5-8-18(16)14-22/h4-10,13,15,21H,3,11-12,14H2,1-2H3. The molecule has 1 N–H and O–H groups in total. The van der Waals surface area contributed by atoms with Gasteiger partial charge in [0.05, 0.1) is 4.90 Å². The Morgan fingerprint density at radius 2 is 1.88 bits per heavy atom. The molecule has 1 atom stereocenters. The highest BCUT2D eigenvalue weighted by Gasteiger charge is 2.23. The summed E-state index contributed by atoms with van der Waals surface area (Å²) in [6.45, 7) is 4.92. The Morgan fingerprint density at radius 3 is 2.62 bits per heavy atom. The number of hydrogen-bond donors (Lipinski definition) is 1. The highest BCUT2D eigenvalue weighted by Crippen LogP contribution is 2.21. The zero-order chi connectivity index (χ0) is 18.7. The van der Waals surface area contributed by atoms with Gasteiger partial charge in [-0.2, -0.15) is 0 Å². The van der Waals surface area contributed by atoms with Crippen LogP contribution in [0, 0.1) is 0 Å². The fourth-order valence-electron chi connectivity index (χ4n) is 3.06. The molecule has 0 aliphatic carbocycles. The van der Waals surface area contributed by atoms with Crippen LogP contribution in [0.3, 0.4) is 0 Å². The first-order valence-electron chi connectivity index (χ1n) is 8.89. The van der Waals surface area contributed by atoms with Gasteiger partial charge in [0.1, 0.15) is 0 Å². The molecule has 0 fully saturated rings. The van der Waals surface area contributed by atoms with Gasteiger partial charge in [-0.3, -0.25) is 4.79 Å². The minimum Gasteiger partial charge on any atom is -0.334 e. The quantitative estimate of drug-likeness (QED) is 0.877. The van der Waals surface area contributed by atoms with E-state index in [0.717, 1.165) is 12.0 Å². The molecule has 1 aliphatic rings. The van der Waals surface area contributed by atoms with Gasteiger partial charge in [-0.15, -0.1) is 0 Å². The molecule has 5 nitrogen and oxygen atoms in total. The first kappa shape index (κ1) is 18.6. The summed E-state index contributed by atoms with van der Waals surface area (Å²) < 4.78 is 27.6. The smallest absolute Gasteiger partial charge is 0.254 e. The van der Waals surface area contributed by atoms with Crippen LogP contribution in [0.25, 0.3) is 0 Å². The van der Waals surface area contributed by atoms with E-state index in [9.17, 15) is 13.2 Å². The van der Waals surface area contributed by atoms with E-state index in [-0.39, 0.29) is 16.8 Å². The third-order valence-electron chi connectivity index (χ3n) is 4.78. The Bertz CT molecular complexity index is 909. The molecular weight excluding hydrogens is 348 g/mol. The molecule has 1 unspecified atom stereocenters. The summed E-state index contributed by atoms with van der Waals surface area (Å²) in [5.41, 5.74) is 2.82. The molecule has 2 aromatic carbocycles. The molecule has 1 amide bonds. The molecule has 3 rings (SSSR count). The molecule has 138 valence electrons. The molecule has 2 aromatic rings. The zero-order valence-electron chi connectivity index (χ0n) is 15.1. The van der Waals surface area contributed by atoms with Crippen LogP contribution in [-0.4, -0.2) is 31.8 Å². The fourth-order valence-corrected chi connectivity index (χ4v) is 4.44. The summed E-state index contributed by atoms with van der Waals surface area (Å²) in [6, 6.07) is 14.2. The summed E-state index contributed by atoms with van der Waals surface area (Å²) in [5, 5.41) is 0. The number of nitrogens with zero attached hydrogens (tertiary/aromatic N) is 1. The Labute approximate surface area is 155 Å². The second kappa shape index (κ2) is 7.60. The Balaban J connectivity index is 1.81. The lowest BCUT2D eigenvalue weighted by Gasteiger charge is -2.29. The fraction of sp³-hybridized carbons (Fsp3) is 0.350. The molecule has 0 bridgehead atoms. The monoisotopic (exact) mass is 372 g/mol. The minimum atomic E-state index is -3.63. The van der Waals surface area contributed by atoms with Crippen molar-refractivity contribution in [1.82, 2.24) is 9.62 Å². The number of sulfonamides is 1. The first-order chi connectivity index (χ1) is 12.4. The van der Waals surface area contributed by atoms with Gasteiger partial charge in [0.15, 0.2) is 0 Å². The normalized spacial score (nSPS) is 15.4. The maximum Gasteiger partial charge on any atom is 0.254 e. The highest BCUT2D eigenvalue weighted by molar-refractivity contribution is 7.89. The Hall–Kier alpha value is -2.18. The van der Waals surface area contributed by atoms with Crippen LogP contribution in [0.5, 0.6) is 0 Å². The second-order valence-corrected chi connectivity index (χ2v) is 8.42. The molecule has 26 heavy (non-hydrogen) atoms. The number of carbonyl (C=O) groups excluding carboxylic acids is 1.